The van der Waals surface area contributed by atoms with Crippen molar-refractivity contribution in [2.45, 2.75) is 39.0 Å². The van der Waals surface area contributed by atoms with E-state index in [4.69, 9.17) is 15.2 Å². The Bertz CT molecular complexity index is 553. The molecule has 0 aromatic heterocycles. The van der Waals surface area contributed by atoms with Crippen molar-refractivity contribution in [1.29, 1.82) is 0 Å². The third-order valence-corrected chi connectivity index (χ3v) is 3.65. The topological polar surface area (TPSA) is 81.9 Å². The molecule has 1 aliphatic rings. The molecule has 2 rings (SSSR count). The lowest BCUT2D eigenvalue weighted by Gasteiger charge is -2.45. The predicted octanol–water partition coefficient (Wildman–Crippen LogP) is 1.92. The monoisotopic (exact) mass is 320 g/mol. The summed E-state index contributed by atoms with van der Waals surface area (Å²) in [5.74, 6) is -0.722. The summed E-state index contributed by atoms with van der Waals surface area (Å²) in [5, 5.41) is 0. The van der Waals surface area contributed by atoms with Crippen molar-refractivity contribution in [3.8, 4) is 0 Å². The Morgan fingerprint density at radius 3 is 2.48 bits per heavy atom. The van der Waals surface area contributed by atoms with E-state index in [1.54, 1.807) is 20.8 Å². The van der Waals surface area contributed by atoms with E-state index in [1.165, 1.54) is 4.90 Å². The zero-order valence-corrected chi connectivity index (χ0v) is 13.8. The molecule has 1 aliphatic heterocycles. The number of hydrogen-bond acceptors (Lipinski definition) is 5. The van der Waals surface area contributed by atoms with Crippen LogP contribution in [0.3, 0.4) is 0 Å². The van der Waals surface area contributed by atoms with Gasteiger partial charge in [-0.25, -0.2) is 4.79 Å². The molecule has 2 atom stereocenters. The highest BCUT2D eigenvalue weighted by atomic mass is 16.6. The predicted molar refractivity (Wildman–Crippen MR) is 85.5 cm³/mol. The molecule has 23 heavy (non-hydrogen) atoms. The van der Waals surface area contributed by atoms with E-state index >= 15 is 0 Å². The van der Waals surface area contributed by atoms with Gasteiger partial charge >= 0.3 is 12.1 Å². The van der Waals surface area contributed by atoms with Crippen LogP contribution < -0.4 is 5.73 Å². The van der Waals surface area contributed by atoms with Gasteiger partial charge in [0.15, 0.2) is 0 Å². The van der Waals surface area contributed by atoms with E-state index in [9.17, 15) is 9.59 Å². The average Bonchev–Trinajstić information content (AvgIpc) is 2.43. The van der Waals surface area contributed by atoms with Crippen LogP contribution in [0.4, 0.5) is 4.79 Å². The van der Waals surface area contributed by atoms with Crippen LogP contribution in [0, 0.1) is 5.92 Å². The molecule has 126 valence electrons. The van der Waals surface area contributed by atoms with Crippen molar-refractivity contribution in [1.82, 2.24) is 4.90 Å². The van der Waals surface area contributed by atoms with Gasteiger partial charge < -0.3 is 20.1 Å². The van der Waals surface area contributed by atoms with Crippen LogP contribution in [0.15, 0.2) is 30.3 Å². The first-order chi connectivity index (χ1) is 10.8. The Labute approximate surface area is 136 Å². The lowest BCUT2D eigenvalue weighted by atomic mass is 9.89. The molecule has 0 aliphatic carbocycles. The average molecular weight is 320 g/mol. The second kappa shape index (κ2) is 7.00. The lowest BCUT2D eigenvalue weighted by Crippen LogP contribution is -2.64. The molecule has 0 saturated carbocycles. The van der Waals surface area contributed by atoms with Crippen LogP contribution >= 0.6 is 0 Å². The molecule has 1 saturated heterocycles. The van der Waals surface area contributed by atoms with Crippen LogP contribution in [0.2, 0.25) is 0 Å². The smallest absolute Gasteiger partial charge is 0.410 e. The Kier molecular flexibility index (Phi) is 5.26. The quantitative estimate of drug-likeness (QED) is 0.857. The summed E-state index contributed by atoms with van der Waals surface area (Å²) >= 11 is 0. The fourth-order valence-electron chi connectivity index (χ4n) is 2.44. The number of carbonyl (C=O) groups excluding carboxylic acids is 2. The number of esters is 1. The third kappa shape index (κ3) is 4.45. The van der Waals surface area contributed by atoms with Crippen LogP contribution in [-0.2, 0) is 20.9 Å². The number of nitrogens with zero attached hydrogens (tertiary/aromatic N) is 1. The minimum Gasteiger partial charge on any atom is -0.460 e. The minimum atomic E-state index is -0.574. The SMILES string of the molecule is CC(C)(C)OC(=O)N1C[C@@H](C(=O)OCc2ccccc2)[C@@H]1CN. The second-order valence-electron chi connectivity index (χ2n) is 6.64. The van der Waals surface area contributed by atoms with Crippen molar-refractivity contribution in [2.24, 2.45) is 11.7 Å². The van der Waals surface area contributed by atoms with E-state index in [1.807, 2.05) is 30.3 Å². The van der Waals surface area contributed by atoms with Crippen LogP contribution in [0.5, 0.6) is 0 Å². The number of carbonyl (C=O) groups is 2. The fraction of sp³-hybridized carbons (Fsp3) is 0.529. The van der Waals surface area contributed by atoms with Gasteiger partial charge in [0.1, 0.15) is 12.2 Å². The molecule has 0 spiro atoms. The maximum atomic E-state index is 12.2. The number of amides is 1. The molecular weight excluding hydrogens is 296 g/mol. The summed E-state index contributed by atoms with van der Waals surface area (Å²) < 4.78 is 10.6. The second-order valence-corrected chi connectivity index (χ2v) is 6.64. The zero-order chi connectivity index (χ0) is 17.0. The van der Waals surface area contributed by atoms with Gasteiger partial charge in [-0.05, 0) is 26.3 Å². The molecular formula is C17H24N2O4. The highest BCUT2D eigenvalue weighted by molar-refractivity contribution is 5.79. The van der Waals surface area contributed by atoms with E-state index in [0.717, 1.165) is 5.56 Å². The minimum absolute atomic E-state index is 0.199. The molecule has 0 bridgehead atoms. The largest absolute Gasteiger partial charge is 0.460 e. The van der Waals surface area contributed by atoms with Crippen molar-refractivity contribution in [3.63, 3.8) is 0 Å². The molecule has 6 heteroatoms. The molecule has 0 unspecified atom stereocenters. The zero-order valence-electron chi connectivity index (χ0n) is 13.8. The first-order valence-corrected chi connectivity index (χ1v) is 7.72. The van der Waals surface area contributed by atoms with Gasteiger partial charge in [-0.2, -0.15) is 0 Å². The van der Waals surface area contributed by atoms with Gasteiger partial charge in [0.05, 0.1) is 12.0 Å². The standard InChI is InChI=1S/C17H24N2O4/c1-17(2,3)23-16(21)19-10-13(14(19)9-18)15(20)22-11-12-7-5-4-6-8-12/h4-8,13-14H,9-11,18H2,1-3H3/t13-,14+/m1/s1. The van der Waals surface area contributed by atoms with E-state index < -0.39 is 17.6 Å². The summed E-state index contributed by atoms with van der Waals surface area (Å²) in [6.45, 7) is 6.10. The lowest BCUT2D eigenvalue weighted by molar-refractivity contribution is -0.159. The van der Waals surface area contributed by atoms with Crippen molar-refractivity contribution in [3.05, 3.63) is 35.9 Å². The highest BCUT2D eigenvalue weighted by Gasteiger charge is 2.47. The van der Waals surface area contributed by atoms with Gasteiger partial charge in [-0.1, -0.05) is 30.3 Å². The first-order valence-electron chi connectivity index (χ1n) is 7.72. The Morgan fingerprint density at radius 1 is 1.26 bits per heavy atom. The van der Waals surface area contributed by atoms with Crippen molar-refractivity contribution in [2.75, 3.05) is 13.1 Å². The highest BCUT2D eigenvalue weighted by Crippen LogP contribution is 2.28. The molecule has 6 nitrogen and oxygen atoms in total. The number of ether oxygens (including phenoxy) is 2. The molecule has 1 aromatic carbocycles. The van der Waals surface area contributed by atoms with Gasteiger partial charge in [0.25, 0.3) is 0 Å². The van der Waals surface area contributed by atoms with Gasteiger partial charge in [-0.3, -0.25) is 4.79 Å². The molecule has 1 amide bonds. The summed E-state index contributed by atoms with van der Waals surface area (Å²) in [4.78, 5) is 25.7. The molecule has 1 aromatic rings. The molecule has 1 heterocycles. The third-order valence-electron chi connectivity index (χ3n) is 3.65. The first kappa shape index (κ1) is 17.3. The van der Waals surface area contributed by atoms with E-state index in [2.05, 4.69) is 0 Å². The Balaban J connectivity index is 1.87. The Morgan fingerprint density at radius 2 is 1.91 bits per heavy atom. The summed E-state index contributed by atoms with van der Waals surface area (Å²) in [5.41, 5.74) is 6.05. The number of nitrogens with two attached hydrogens (primary N) is 1. The number of hydrogen-bond donors (Lipinski definition) is 1. The summed E-state index contributed by atoms with van der Waals surface area (Å²) in [7, 11) is 0. The van der Waals surface area contributed by atoms with Crippen molar-refractivity contribution < 1.29 is 19.1 Å². The number of likely N-dealkylation sites (tertiary alicyclic amines) is 1. The normalized spacial score (nSPS) is 20.6. The summed E-state index contributed by atoms with van der Waals surface area (Å²) in [6, 6.07) is 9.09. The van der Waals surface area contributed by atoms with E-state index in [-0.39, 0.29) is 31.7 Å². The molecule has 2 N–H and O–H groups in total. The number of rotatable bonds is 4. The maximum absolute atomic E-state index is 12.2. The van der Waals surface area contributed by atoms with E-state index in [0.29, 0.717) is 0 Å². The summed E-state index contributed by atoms with van der Waals surface area (Å²) in [6.07, 6.45) is -0.444. The Hall–Kier alpha value is -2.08. The van der Waals surface area contributed by atoms with Crippen LogP contribution in [0.25, 0.3) is 0 Å². The van der Waals surface area contributed by atoms with Gasteiger partial charge in [-0.15, -0.1) is 0 Å². The maximum Gasteiger partial charge on any atom is 0.410 e. The van der Waals surface area contributed by atoms with Gasteiger partial charge in [0, 0.05) is 13.1 Å². The number of benzene rings is 1. The van der Waals surface area contributed by atoms with Gasteiger partial charge in [0.2, 0.25) is 0 Å². The van der Waals surface area contributed by atoms with Crippen LogP contribution in [0.1, 0.15) is 26.3 Å². The van der Waals surface area contributed by atoms with Crippen LogP contribution in [-0.4, -0.2) is 41.7 Å². The molecule has 0 radical (unpaired) electrons. The fourth-order valence-corrected chi connectivity index (χ4v) is 2.44. The van der Waals surface area contributed by atoms with Crippen molar-refractivity contribution >= 4 is 12.1 Å². The molecule has 1 fully saturated rings.